The number of phenolic OH excluding ortho intramolecular Hbond substituents is 1. The topological polar surface area (TPSA) is 107 Å². The SMILES string of the molecule is CCC/C(=C\c1cc(Br)ccc1O)CC[C@@H](O)C1=C(CO[Si](c2ccccc2)(c2ccccc2)C(C)(C)C)C[C@H]2C(=O)N(c3ccccc3)C(=O)[C@H]2[C@H]1CO. The lowest BCUT2D eigenvalue weighted by Gasteiger charge is -2.44. The van der Waals surface area contributed by atoms with Crippen LogP contribution in [0.1, 0.15) is 65.4 Å². The van der Waals surface area contributed by atoms with Gasteiger partial charge in [-0.15, -0.1) is 0 Å². The normalized spacial score (nSPS) is 19.9. The third kappa shape index (κ3) is 8.23. The Hall–Kier alpha value is -4.12. The van der Waals surface area contributed by atoms with Gasteiger partial charge in [0.2, 0.25) is 11.8 Å². The summed E-state index contributed by atoms with van der Waals surface area (Å²) in [6.07, 6.45) is 3.72. The molecule has 4 atom stereocenters. The van der Waals surface area contributed by atoms with Gasteiger partial charge >= 0.3 is 0 Å². The summed E-state index contributed by atoms with van der Waals surface area (Å²) in [6, 6.07) is 34.9. The first kappa shape index (κ1) is 40.5. The van der Waals surface area contributed by atoms with Crippen molar-refractivity contribution in [1.29, 1.82) is 0 Å². The van der Waals surface area contributed by atoms with Gasteiger partial charge in [-0.1, -0.05) is 141 Å². The molecule has 0 unspecified atom stereocenters. The second-order valence-electron chi connectivity index (χ2n) is 15.8. The number of hydrogen-bond acceptors (Lipinski definition) is 6. The van der Waals surface area contributed by atoms with Gasteiger partial charge in [-0.05, 0) is 82.6 Å². The Labute approximate surface area is 334 Å². The number of hydrogen-bond donors (Lipinski definition) is 3. The molecule has 4 aromatic carbocycles. The van der Waals surface area contributed by atoms with E-state index in [0.29, 0.717) is 29.7 Å². The molecular formula is C46H52BrNO6Si. The number of benzene rings is 4. The second kappa shape index (κ2) is 17.3. The Balaban J connectivity index is 1.43. The first-order chi connectivity index (χ1) is 26.4. The Kier molecular flexibility index (Phi) is 12.8. The molecule has 55 heavy (non-hydrogen) atoms. The maximum absolute atomic E-state index is 14.3. The second-order valence-corrected chi connectivity index (χ2v) is 21.0. The number of phenols is 1. The van der Waals surface area contributed by atoms with E-state index in [-0.39, 0.29) is 35.6 Å². The molecule has 1 aliphatic heterocycles. The number of halogens is 1. The number of amides is 2. The summed E-state index contributed by atoms with van der Waals surface area (Å²) in [4.78, 5) is 29.7. The molecular weight excluding hydrogens is 770 g/mol. The summed E-state index contributed by atoms with van der Waals surface area (Å²) in [5.41, 5.74) is 3.62. The minimum atomic E-state index is -3.04. The fourth-order valence-electron chi connectivity index (χ4n) is 8.81. The number of imide groups is 1. The summed E-state index contributed by atoms with van der Waals surface area (Å²) in [5.74, 6) is -2.76. The zero-order valence-corrected chi connectivity index (χ0v) is 34.7. The Morgan fingerprint density at radius 1 is 0.909 bits per heavy atom. The van der Waals surface area contributed by atoms with E-state index in [1.165, 1.54) is 4.90 Å². The number of para-hydroxylation sites is 1. The number of aliphatic hydroxyl groups is 2. The number of fused-ring (bicyclic) bond motifs is 1. The first-order valence-corrected chi connectivity index (χ1v) is 22.0. The molecule has 0 aromatic heterocycles. The van der Waals surface area contributed by atoms with Crippen LogP contribution < -0.4 is 15.3 Å². The first-order valence-electron chi connectivity index (χ1n) is 19.3. The molecule has 3 N–H and O–H groups in total. The van der Waals surface area contributed by atoms with Gasteiger partial charge in [-0.2, -0.15) is 0 Å². The molecule has 1 heterocycles. The summed E-state index contributed by atoms with van der Waals surface area (Å²) in [6.45, 7) is 8.45. The van der Waals surface area contributed by atoms with Gasteiger partial charge in [-0.3, -0.25) is 14.5 Å². The van der Waals surface area contributed by atoms with Crippen LogP contribution in [0.5, 0.6) is 5.75 Å². The van der Waals surface area contributed by atoms with Crippen molar-refractivity contribution in [2.24, 2.45) is 17.8 Å². The highest BCUT2D eigenvalue weighted by Crippen LogP contribution is 2.48. The quantitative estimate of drug-likeness (QED) is 0.0674. The lowest BCUT2D eigenvalue weighted by atomic mass is 9.68. The average Bonchev–Trinajstić information content (AvgIpc) is 3.43. The number of carbonyl (C=O) groups is 2. The van der Waals surface area contributed by atoms with Crippen LogP contribution in [0.25, 0.3) is 6.08 Å². The highest BCUT2D eigenvalue weighted by atomic mass is 79.9. The van der Waals surface area contributed by atoms with E-state index in [4.69, 9.17) is 4.43 Å². The molecule has 1 saturated heterocycles. The number of aliphatic hydroxyl groups excluding tert-OH is 2. The lowest BCUT2D eigenvalue weighted by molar-refractivity contribution is -0.123. The van der Waals surface area contributed by atoms with Crippen LogP contribution in [-0.2, 0) is 14.0 Å². The number of nitrogens with zero attached hydrogens (tertiary/aromatic N) is 1. The molecule has 0 saturated carbocycles. The van der Waals surface area contributed by atoms with Crippen molar-refractivity contribution >= 4 is 58.2 Å². The number of anilines is 1. The highest BCUT2D eigenvalue weighted by Gasteiger charge is 2.56. The van der Waals surface area contributed by atoms with Crippen LogP contribution in [0, 0.1) is 17.8 Å². The Morgan fingerprint density at radius 3 is 2.07 bits per heavy atom. The smallest absolute Gasteiger partial charge is 0.261 e. The van der Waals surface area contributed by atoms with Crippen LogP contribution in [0.15, 0.2) is 130 Å². The monoisotopic (exact) mass is 821 g/mol. The number of allylic oxidation sites excluding steroid dienone is 1. The van der Waals surface area contributed by atoms with E-state index in [2.05, 4.69) is 67.9 Å². The van der Waals surface area contributed by atoms with Crippen LogP contribution in [-0.4, -0.2) is 54.8 Å². The molecule has 1 aliphatic carbocycles. The third-order valence-electron chi connectivity index (χ3n) is 11.3. The third-order valence-corrected chi connectivity index (χ3v) is 16.8. The average molecular weight is 823 g/mol. The minimum Gasteiger partial charge on any atom is -0.507 e. The van der Waals surface area contributed by atoms with E-state index < -0.39 is 38.8 Å². The van der Waals surface area contributed by atoms with Crippen molar-refractivity contribution in [3.05, 3.63) is 136 Å². The van der Waals surface area contributed by atoms with Gasteiger partial charge in [0.25, 0.3) is 8.32 Å². The highest BCUT2D eigenvalue weighted by molar-refractivity contribution is 9.10. The van der Waals surface area contributed by atoms with E-state index in [1.807, 2.05) is 54.6 Å². The molecule has 4 aromatic rings. The standard InChI is InChI=1S/C46H52BrNO6Si/c1-5-15-31(26-32-27-34(47)23-25-40(32)50)22-24-41(51)42-33(28-38-43(39(42)29-49)45(53)48(44(38)52)35-16-9-6-10-17-35)30-54-55(46(2,3)4,36-18-11-7-12-19-36)37-20-13-8-14-21-37/h6-14,16-21,23,25-27,38-39,41,43,49-51H,5,15,22,24,28-30H2,1-4H3/b31-26+/t38-,39+,41-,43-/m1/s1. The summed E-state index contributed by atoms with van der Waals surface area (Å²) in [5, 5.41) is 36.0. The van der Waals surface area contributed by atoms with Crippen molar-refractivity contribution in [1.82, 2.24) is 0 Å². The Morgan fingerprint density at radius 2 is 1.51 bits per heavy atom. The predicted molar refractivity (Wildman–Crippen MR) is 226 cm³/mol. The molecule has 0 radical (unpaired) electrons. The molecule has 2 amide bonds. The van der Waals surface area contributed by atoms with Crippen LogP contribution >= 0.6 is 15.9 Å². The number of carbonyl (C=O) groups excluding carboxylic acids is 2. The zero-order chi connectivity index (χ0) is 39.3. The summed E-state index contributed by atoms with van der Waals surface area (Å²) < 4.78 is 8.26. The summed E-state index contributed by atoms with van der Waals surface area (Å²) in [7, 11) is -3.04. The van der Waals surface area contributed by atoms with Crippen molar-refractivity contribution in [3.8, 4) is 5.75 Å². The van der Waals surface area contributed by atoms with Crippen molar-refractivity contribution in [2.45, 2.75) is 70.9 Å². The Bertz CT molecular complexity index is 1990. The molecule has 0 spiro atoms. The van der Waals surface area contributed by atoms with E-state index in [9.17, 15) is 24.9 Å². The van der Waals surface area contributed by atoms with E-state index in [1.54, 1.807) is 36.4 Å². The molecule has 6 rings (SSSR count). The largest absolute Gasteiger partial charge is 0.507 e. The molecule has 2 aliphatic rings. The number of aromatic hydroxyl groups is 1. The van der Waals surface area contributed by atoms with Gasteiger partial charge in [-0.25, -0.2) is 0 Å². The summed E-state index contributed by atoms with van der Waals surface area (Å²) >= 11 is 3.51. The predicted octanol–water partition coefficient (Wildman–Crippen LogP) is 8.17. The van der Waals surface area contributed by atoms with E-state index >= 15 is 0 Å². The molecule has 0 bridgehead atoms. The molecule has 288 valence electrons. The van der Waals surface area contributed by atoms with Crippen LogP contribution in [0.2, 0.25) is 5.04 Å². The van der Waals surface area contributed by atoms with Gasteiger partial charge < -0.3 is 19.7 Å². The fraction of sp³-hybridized carbons (Fsp3) is 0.348. The van der Waals surface area contributed by atoms with Crippen molar-refractivity contribution in [3.63, 3.8) is 0 Å². The maximum atomic E-state index is 14.3. The van der Waals surface area contributed by atoms with Crippen LogP contribution in [0.4, 0.5) is 5.69 Å². The minimum absolute atomic E-state index is 0.135. The molecule has 9 heteroatoms. The lowest BCUT2D eigenvalue weighted by Crippen LogP contribution is -2.66. The van der Waals surface area contributed by atoms with Gasteiger partial charge in [0.1, 0.15) is 5.75 Å². The molecule has 1 fully saturated rings. The molecule has 7 nitrogen and oxygen atoms in total. The van der Waals surface area contributed by atoms with E-state index in [0.717, 1.165) is 38.8 Å². The fourth-order valence-corrected chi connectivity index (χ4v) is 13.7. The maximum Gasteiger partial charge on any atom is 0.261 e. The van der Waals surface area contributed by atoms with Crippen molar-refractivity contribution < 1.29 is 29.3 Å². The number of rotatable bonds is 14. The van der Waals surface area contributed by atoms with Gasteiger partial charge in [0, 0.05) is 16.0 Å². The van der Waals surface area contributed by atoms with Gasteiger partial charge in [0.05, 0.1) is 36.8 Å². The van der Waals surface area contributed by atoms with Gasteiger partial charge in [0.15, 0.2) is 0 Å². The van der Waals surface area contributed by atoms with Crippen LogP contribution in [0.3, 0.4) is 0 Å². The van der Waals surface area contributed by atoms with Crippen molar-refractivity contribution in [2.75, 3.05) is 18.1 Å². The zero-order valence-electron chi connectivity index (χ0n) is 32.1.